The van der Waals surface area contributed by atoms with Crippen LogP contribution >= 0.6 is 11.8 Å². The van der Waals surface area contributed by atoms with Crippen LogP contribution < -0.4 is 0 Å². The summed E-state index contributed by atoms with van der Waals surface area (Å²) in [6.45, 7) is 0. The molecular weight excluding hydrogens is 418 g/mol. The summed E-state index contributed by atoms with van der Waals surface area (Å²) in [5, 5.41) is 0.266. The Hall–Kier alpha value is -3.49. The molecule has 0 saturated carbocycles. The molecule has 0 fully saturated rings. The fourth-order valence-corrected chi connectivity index (χ4v) is 6.70. The lowest BCUT2D eigenvalue weighted by Crippen LogP contribution is -2.19. The molecule has 1 nitrogen and oxygen atoms in total. The van der Waals surface area contributed by atoms with Gasteiger partial charge < -0.3 is 4.90 Å². The maximum atomic E-state index is 2.49. The van der Waals surface area contributed by atoms with Gasteiger partial charge in [-0.05, 0) is 27.8 Å². The predicted molar refractivity (Wildman–Crippen MR) is 140 cm³/mol. The van der Waals surface area contributed by atoms with Gasteiger partial charge in [0.1, 0.15) is 0 Å². The first-order valence-corrected chi connectivity index (χ1v) is 12.3. The minimum atomic E-state index is 0.188. The highest BCUT2D eigenvalue weighted by atomic mass is 32.2. The maximum absolute atomic E-state index is 2.49. The third-order valence-electron chi connectivity index (χ3n) is 6.60. The van der Waals surface area contributed by atoms with Crippen LogP contribution in [0.2, 0.25) is 0 Å². The third kappa shape index (κ3) is 3.42. The molecule has 4 aromatic rings. The van der Waals surface area contributed by atoms with Crippen LogP contribution in [0.25, 0.3) is 10.6 Å². The van der Waals surface area contributed by atoms with E-state index in [2.05, 4.69) is 133 Å². The minimum Gasteiger partial charge on any atom is -0.363 e. The second-order valence-electron chi connectivity index (χ2n) is 8.57. The average molecular weight is 444 g/mol. The molecule has 6 rings (SSSR count). The fourth-order valence-electron chi connectivity index (χ4n) is 5.20. The van der Waals surface area contributed by atoms with E-state index in [1.54, 1.807) is 0 Å². The van der Waals surface area contributed by atoms with E-state index in [-0.39, 0.29) is 11.3 Å². The van der Waals surface area contributed by atoms with E-state index in [0.29, 0.717) is 0 Å². The molecule has 0 N–H and O–H groups in total. The number of hydrogen-bond donors (Lipinski definition) is 0. The molecule has 2 unspecified atom stereocenters. The minimum absolute atomic E-state index is 0.188. The van der Waals surface area contributed by atoms with Gasteiger partial charge in [0, 0.05) is 23.2 Å². The Morgan fingerprint density at radius 3 is 1.61 bits per heavy atom. The largest absolute Gasteiger partial charge is 0.363 e. The smallest absolute Gasteiger partial charge is 0.0808 e. The zero-order chi connectivity index (χ0) is 22.2. The van der Waals surface area contributed by atoms with Crippen LogP contribution in [0.1, 0.15) is 33.5 Å². The fraction of sp³-hybridized carbons (Fsp3) is 0.0968. The number of likely N-dealkylation sites (N-methyl/N-ethyl adjacent to an activating group) is 1. The zero-order valence-electron chi connectivity index (χ0n) is 18.6. The summed E-state index contributed by atoms with van der Waals surface area (Å²) < 4.78 is 0. The first-order valence-electron chi connectivity index (χ1n) is 11.4. The molecule has 0 amide bonds. The summed E-state index contributed by atoms with van der Waals surface area (Å²) in [5.74, 6) is 0. The Morgan fingerprint density at radius 2 is 1.03 bits per heavy atom. The molecule has 0 saturated heterocycles. The normalized spacial score (nSPS) is 19.8. The Kier molecular flexibility index (Phi) is 5.16. The molecule has 0 bridgehead atoms. The molecule has 2 heterocycles. The van der Waals surface area contributed by atoms with Crippen LogP contribution in [-0.2, 0) is 0 Å². The first kappa shape index (κ1) is 20.1. The van der Waals surface area contributed by atoms with Crippen LogP contribution in [0.3, 0.4) is 0 Å². The molecule has 0 radical (unpaired) electrons. The summed E-state index contributed by atoms with van der Waals surface area (Å²) in [5.41, 5.74) is 9.52. The van der Waals surface area contributed by atoms with Gasteiger partial charge in [-0.25, -0.2) is 0 Å². The van der Waals surface area contributed by atoms with Crippen LogP contribution in [0.4, 0.5) is 0 Å². The van der Waals surface area contributed by atoms with Crippen LogP contribution in [-0.4, -0.2) is 11.9 Å². The number of nitrogens with zero attached hydrogens (tertiary/aromatic N) is 1. The van der Waals surface area contributed by atoms with Gasteiger partial charge in [-0.1, -0.05) is 121 Å². The molecule has 2 heteroatoms. The molecule has 2 aliphatic rings. The highest BCUT2D eigenvalue weighted by molar-refractivity contribution is 8.09. The van der Waals surface area contributed by atoms with E-state index in [0.717, 1.165) is 0 Å². The first-order chi connectivity index (χ1) is 16.3. The SMILES string of the molecule is CN1C(c2ccccc2)=C2C(=C(c3ccccc3)SC2c2ccccc2)C1c1ccccc1. The van der Waals surface area contributed by atoms with Crippen molar-refractivity contribution in [1.82, 2.24) is 4.90 Å². The lowest BCUT2D eigenvalue weighted by Gasteiger charge is -2.28. The van der Waals surface area contributed by atoms with E-state index < -0.39 is 0 Å². The van der Waals surface area contributed by atoms with Gasteiger partial charge in [0.2, 0.25) is 0 Å². The van der Waals surface area contributed by atoms with Crippen molar-refractivity contribution in [3.05, 3.63) is 155 Å². The van der Waals surface area contributed by atoms with Crippen molar-refractivity contribution in [2.24, 2.45) is 0 Å². The van der Waals surface area contributed by atoms with Crippen molar-refractivity contribution >= 4 is 22.4 Å². The van der Waals surface area contributed by atoms with Crippen molar-refractivity contribution in [3.63, 3.8) is 0 Å². The summed E-state index contributed by atoms with van der Waals surface area (Å²) >= 11 is 2.00. The van der Waals surface area contributed by atoms with Crippen LogP contribution in [0.5, 0.6) is 0 Å². The molecule has 2 atom stereocenters. The van der Waals surface area contributed by atoms with E-state index in [4.69, 9.17) is 0 Å². The second-order valence-corrected chi connectivity index (χ2v) is 9.69. The van der Waals surface area contributed by atoms with E-state index in [9.17, 15) is 0 Å². The number of hydrogen-bond acceptors (Lipinski definition) is 2. The molecule has 2 aliphatic heterocycles. The lowest BCUT2D eigenvalue weighted by molar-refractivity contribution is 0.425. The highest BCUT2D eigenvalue weighted by Crippen LogP contribution is 2.64. The number of rotatable bonds is 4. The summed E-state index contributed by atoms with van der Waals surface area (Å²) in [6.07, 6.45) is 0. The van der Waals surface area contributed by atoms with Gasteiger partial charge >= 0.3 is 0 Å². The molecule has 0 spiro atoms. The molecule has 4 aromatic carbocycles. The van der Waals surface area contributed by atoms with Crippen molar-refractivity contribution < 1.29 is 0 Å². The molecule has 160 valence electrons. The summed E-state index contributed by atoms with van der Waals surface area (Å²) in [4.78, 5) is 3.89. The molecular formula is C31H25NS. The van der Waals surface area contributed by atoms with Gasteiger partial charge in [-0.3, -0.25) is 0 Å². The standard InChI is InChI=1S/C31H25NS/c1-32-28(22-14-6-2-7-15-22)26-27(29(32)23-16-8-3-9-17-23)31(25-20-12-5-13-21-25)33-30(26)24-18-10-4-11-19-24/h2-21,28,31H,1H3. The number of thioether (sulfide) groups is 1. The quantitative estimate of drug-likeness (QED) is 0.314. The van der Waals surface area contributed by atoms with Crippen LogP contribution in [0, 0.1) is 0 Å². The molecule has 33 heavy (non-hydrogen) atoms. The molecule has 0 aliphatic carbocycles. The van der Waals surface area contributed by atoms with Crippen molar-refractivity contribution in [1.29, 1.82) is 0 Å². The van der Waals surface area contributed by atoms with Gasteiger partial charge in [0.25, 0.3) is 0 Å². The Labute approximate surface area is 200 Å². The van der Waals surface area contributed by atoms with E-state index >= 15 is 0 Å². The van der Waals surface area contributed by atoms with Gasteiger partial charge in [-0.2, -0.15) is 0 Å². The van der Waals surface area contributed by atoms with Gasteiger partial charge in [0.05, 0.1) is 11.3 Å². The summed E-state index contributed by atoms with van der Waals surface area (Å²) in [6, 6.07) is 43.9. The van der Waals surface area contributed by atoms with Gasteiger partial charge in [-0.15, -0.1) is 11.8 Å². The van der Waals surface area contributed by atoms with Crippen molar-refractivity contribution in [2.45, 2.75) is 11.3 Å². The average Bonchev–Trinajstić information content (AvgIpc) is 3.40. The summed E-state index contributed by atoms with van der Waals surface area (Å²) in [7, 11) is 2.26. The highest BCUT2D eigenvalue weighted by Gasteiger charge is 2.45. The van der Waals surface area contributed by atoms with Crippen molar-refractivity contribution in [2.75, 3.05) is 7.05 Å². The maximum Gasteiger partial charge on any atom is 0.0808 e. The number of benzene rings is 4. The lowest BCUT2D eigenvalue weighted by atomic mass is 9.89. The Bertz CT molecular complexity index is 1330. The van der Waals surface area contributed by atoms with Gasteiger partial charge in [0.15, 0.2) is 0 Å². The van der Waals surface area contributed by atoms with E-state index in [1.807, 2.05) is 11.8 Å². The predicted octanol–water partition coefficient (Wildman–Crippen LogP) is 7.98. The topological polar surface area (TPSA) is 3.24 Å². The van der Waals surface area contributed by atoms with E-state index in [1.165, 1.54) is 44.0 Å². The Morgan fingerprint density at radius 1 is 0.545 bits per heavy atom. The zero-order valence-corrected chi connectivity index (χ0v) is 19.4. The monoisotopic (exact) mass is 443 g/mol. The third-order valence-corrected chi connectivity index (χ3v) is 8.04. The Balaban J connectivity index is 1.65. The number of fused-ring (bicyclic) bond motifs is 1. The van der Waals surface area contributed by atoms with Crippen LogP contribution in [0.15, 0.2) is 132 Å². The van der Waals surface area contributed by atoms with Crippen molar-refractivity contribution in [3.8, 4) is 0 Å². The molecule has 0 aromatic heterocycles. The second kappa shape index (κ2) is 8.46.